The minimum absolute atomic E-state index is 0.0486. The second kappa shape index (κ2) is 15.4. The van der Waals surface area contributed by atoms with Crippen molar-refractivity contribution in [3.63, 3.8) is 0 Å². The number of carbonyl (C=O) groups excluding carboxylic acids is 3. The third kappa shape index (κ3) is 8.63. The zero-order valence-corrected chi connectivity index (χ0v) is 27.2. The first-order chi connectivity index (χ1) is 22.3. The van der Waals surface area contributed by atoms with Crippen molar-refractivity contribution in [3.05, 3.63) is 130 Å². The van der Waals surface area contributed by atoms with Gasteiger partial charge in [-0.25, -0.2) is 4.98 Å². The molecule has 4 aromatic carbocycles. The largest absolute Gasteiger partial charge is 0.497 e. The fourth-order valence-corrected chi connectivity index (χ4v) is 6.15. The molecule has 1 aromatic heterocycles. The van der Waals surface area contributed by atoms with Crippen LogP contribution in [0.4, 0.5) is 10.8 Å². The van der Waals surface area contributed by atoms with Gasteiger partial charge in [0.05, 0.1) is 18.1 Å². The number of rotatable bonds is 11. The molecule has 3 N–H and O–H groups in total. The van der Waals surface area contributed by atoms with E-state index in [4.69, 9.17) is 16.3 Å². The summed E-state index contributed by atoms with van der Waals surface area (Å²) in [5.41, 5.74) is 3.11. The van der Waals surface area contributed by atoms with Gasteiger partial charge in [0.25, 0.3) is 11.8 Å². The lowest BCUT2D eigenvalue weighted by atomic mass is 10.1. The Morgan fingerprint density at radius 3 is 2.46 bits per heavy atom. The van der Waals surface area contributed by atoms with E-state index in [2.05, 4.69) is 20.9 Å². The summed E-state index contributed by atoms with van der Waals surface area (Å²) in [6.07, 6.45) is 1.58. The fourth-order valence-electron chi connectivity index (χ4n) is 4.27. The molecule has 5 aromatic rings. The Labute approximate surface area is 279 Å². The number of benzene rings is 4. The van der Waals surface area contributed by atoms with Crippen LogP contribution in [0.1, 0.15) is 22.8 Å². The first kappa shape index (κ1) is 32.5. The van der Waals surface area contributed by atoms with Gasteiger partial charge in [-0.2, -0.15) is 0 Å². The van der Waals surface area contributed by atoms with Crippen LogP contribution in [-0.4, -0.2) is 35.1 Å². The molecule has 0 aliphatic rings. The molecule has 0 saturated heterocycles. The lowest BCUT2D eigenvalue weighted by Gasteiger charge is -2.14. The topological polar surface area (TPSA) is 109 Å². The third-order valence-electron chi connectivity index (χ3n) is 6.59. The molecule has 1 heterocycles. The van der Waals surface area contributed by atoms with E-state index < -0.39 is 17.1 Å². The van der Waals surface area contributed by atoms with E-state index in [9.17, 15) is 14.4 Å². The Balaban J connectivity index is 1.27. The maximum absolute atomic E-state index is 13.5. The molecule has 0 fully saturated rings. The molecule has 11 heteroatoms. The number of hydrogen-bond acceptors (Lipinski definition) is 7. The van der Waals surface area contributed by atoms with Gasteiger partial charge in [0.2, 0.25) is 5.91 Å². The zero-order valence-electron chi connectivity index (χ0n) is 24.8. The molecule has 232 valence electrons. The molecule has 3 amide bonds. The molecule has 0 saturated carbocycles. The van der Waals surface area contributed by atoms with Crippen LogP contribution in [0.3, 0.4) is 0 Å². The first-order valence-corrected chi connectivity index (χ1v) is 16.2. The first-order valence-electron chi connectivity index (χ1n) is 14.1. The van der Waals surface area contributed by atoms with E-state index in [1.165, 1.54) is 23.1 Å². The Kier molecular flexibility index (Phi) is 10.9. The van der Waals surface area contributed by atoms with Gasteiger partial charge in [0, 0.05) is 32.1 Å². The van der Waals surface area contributed by atoms with E-state index >= 15 is 0 Å². The van der Waals surface area contributed by atoms with Gasteiger partial charge in [0.15, 0.2) is 5.13 Å². The molecule has 0 aliphatic heterocycles. The number of aromatic nitrogens is 1. The van der Waals surface area contributed by atoms with Crippen molar-refractivity contribution in [2.45, 2.75) is 17.1 Å². The number of thioether (sulfide) groups is 1. The molecule has 8 nitrogen and oxygen atoms in total. The Morgan fingerprint density at radius 1 is 0.913 bits per heavy atom. The summed E-state index contributed by atoms with van der Waals surface area (Å²) in [5.74, 6) is -0.542. The van der Waals surface area contributed by atoms with Crippen molar-refractivity contribution < 1.29 is 19.1 Å². The molecular weight excluding hydrogens is 640 g/mol. The van der Waals surface area contributed by atoms with E-state index in [-0.39, 0.29) is 11.6 Å². The van der Waals surface area contributed by atoms with E-state index in [0.29, 0.717) is 38.4 Å². The lowest BCUT2D eigenvalue weighted by molar-refractivity contribution is -0.115. The van der Waals surface area contributed by atoms with Crippen LogP contribution in [0.5, 0.6) is 5.75 Å². The van der Waals surface area contributed by atoms with Crippen LogP contribution in [0.15, 0.2) is 119 Å². The van der Waals surface area contributed by atoms with E-state index in [1.54, 1.807) is 92.9 Å². The van der Waals surface area contributed by atoms with Crippen LogP contribution >= 0.6 is 34.7 Å². The second-order valence-electron chi connectivity index (χ2n) is 9.90. The monoisotopic (exact) mass is 668 g/mol. The summed E-state index contributed by atoms with van der Waals surface area (Å²) in [7, 11) is 1.56. The SMILES string of the molecule is COc1cccc(/C=C(\NC(=O)c2ccccc2)C(=O)Nc2cccc(SC(C)C(=O)Nc3nc(-c4ccccc4Cl)cs3)c2)c1. The third-order valence-corrected chi connectivity index (χ3v) is 8.77. The van der Waals surface area contributed by atoms with Crippen molar-refractivity contribution in [2.75, 3.05) is 17.7 Å². The van der Waals surface area contributed by atoms with Gasteiger partial charge in [-0.1, -0.05) is 66.2 Å². The van der Waals surface area contributed by atoms with Crippen molar-refractivity contribution in [2.24, 2.45) is 0 Å². The molecule has 0 radical (unpaired) electrons. The summed E-state index contributed by atoms with van der Waals surface area (Å²) >= 11 is 8.95. The molecule has 1 atom stereocenters. The number of halogens is 1. The normalized spacial score (nSPS) is 11.8. The van der Waals surface area contributed by atoms with Crippen LogP contribution in [-0.2, 0) is 9.59 Å². The Morgan fingerprint density at radius 2 is 1.67 bits per heavy atom. The standard InChI is InChI=1S/C35H29ClN4O4S2/c1-22(32(41)40-35-39-31(21-45-35)28-16-6-7-17-29(28)36)46-27-15-9-13-25(20-27)37-34(43)30(19-23-10-8-14-26(18-23)44-2)38-33(42)24-11-4-3-5-12-24/h3-22H,1-2H3,(H,37,43)(H,38,42)(H,39,40,41)/b30-19-. The van der Waals surface area contributed by atoms with Crippen molar-refractivity contribution >= 4 is 69.3 Å². The van der Waals surface area contributed by atoms with Gasteiger partial charge in [-0.05, 0) is 67.1 Å². The van der Waals surface area contributed by atoms with Crippen molar-refractivity contribution in [1.82, 2.24) is 10.3 Å². The molecule has 0 aliphatic carbocycles. The summed E-state index contributed by atoms with van der Waals surface area (Å²) in [6, 6.07) is 30.3. The van der Waals surface area contributed by atoms with Crippen LogP contribution in [0.2, 0.25) is 5.02 Å². The Hall–Kier alpha value is -4.90. The number of amides is 3. The van der Waals surface area contributed by atoms with E-state index in [1.807, 2.05) is 35.7 Å². The number of thiazole rings is 1. The number of nitrogens with one attached hydrogen (secondary N) is 3. The van der Waals surface area contributed by atoms with Gasteiger partial charge in [-0.15, -0.1) is 23.1 Å². The van der Waals surface area contributed by atoms with Gasteiger partial charge in [-0.3, -0.25) is 14.4 Å². The van der Waals surface area contributed by atoms with Crippen molar-refractivity contribution in [3.8, 4) is 17.0 Å². The molecule has 0 bridgehead atoms. The Bertz CT molecular complexity index is 1890. The van der Waals surface area contributed by atoms with Crippen LogP contribution in [0, 0.1) is 0 Å². The fraction of sp³-hybridized carbons (Fsp3) is 0.0857. The lowest BCUT2D eigenvalue weighted by Crippen LogP contribution is -2.30. The predicted molar refractivity (Wildman–Crippen MR) is 186 cm³/mol. The maximum atomic E-state index is 13.5. The van der Waals surface area contributed by atoms with Crippen LogP contribution < -0.4 is 20.7 Å². The highest BCUT2D eigenvalue weighted by atomic mass is 35.5. The summed E-state index contributed by atoms with van der Waals surface area (Å²) in [4.78, 5) is 44.8. The highest BCUT2D eigenvalue weighted by molar-refractivity contribution is 8.00. The highest BCUT2D eigenvalue weighted by Crippen LogP contribution is 2.31. The summed E-state index contributed by atoms with van der Waals surface area (Å²) in [6.45, 7) is 1.79. The number of ether oxygens (including phenoxy) is 1. The number of methoxy groups -OCH3 is 1. The summed E-state index contributed by atoms with van der Waals surface area (Å²) < 4.78 is 5.31. The number of nitrogens with zero attached hydrogens (tertiary/aromatic N) is 1. The smallest absolute Gasteiger partial charge is 0.272 e. The predicted octanol–water partition coefficient (Wildman–Crippen LogP) is 8.00. The minimum Gasteiger partial charge on any atom is -0.497 e. The molecular formula is C35H29ClN4O4S2. The van der Waals surface area contributed by atoms with Gasteiger partial charge in [0.1, 0.15) is 11.4 Å². The maximum Gasteiger partial charge on any atom is 0.272 e. The van der Waals surface area contributed by atoms with E-state index in [0.717, 1.165) is 10.5 Å². The quantitative estimate of drug-likeness (QED) is 0.0972. The number of anilines is 2. The second-order valence-corrected chi connectivity index (χ2v) is 12.6. The van der Waals surface area contributed by atoms with Gasteiger partial charge >= 0.3 is 0 Å². The average Bonchev–Trinajstić information content (AvgIpc) is 3.53. The molecule has 0 spiro atoms. The van der Waals surface area contributed by atoms with Crippen LogP contribution in [0.25, 0.3) is 17.3 Å². The number of carbonyl (C=O) groups is 3. The minimum atomic E-state index is -0.516. The van der Waals surface area contributed by atoms with Crippen molar-refractivity contribution in [1.29, 1.82) is 0 Å². The summed E-state index contributed by atoms with van der Waals surface area (Å²) in [5, 5.41) is 10.9. The average molecular weight is 669 g/mol. The molecule has 46 heavy (non-hydrogen) atoms. The molecule has 1 unspecified atom stereocenters. The van der Waals surface area contributed by atoms with Gasteiger partial charge < -0.3 is 20.7 Å². The number of hydrogen-bond donors (Lipinski definition) is 3. The molecule has 5 rings (SSSR count). The highest BCUT2D eigenvalue weighted by Gasteiger charge is 2.19. The zero-order chi connectivity index (χ0) is 32.5.